The molecule has 0 bridgehead atoms. The molecule has 7 nitrogen and oxygen atoms in total. The van der Waals surface area contributed by atoms with E-state index < -0.39 is 4.92 Å². The first-order chi connectivity index (χ1) is 14.0. The van der Waals surface area contributed by atoms with Crippen molar-refractivity contribution in [1.82, 2.24) is 9.97 Å². The zero-order chi connectivity index (χ0) is 20.4. The van der Waals surface area contributed by atoms with Gasteiger partial charge in [0.05, 0.1) is 16.1 Å². The van der Waals surface area contributed by atoms with Gasteiger partial charge in [-0.1, -0.05) is 42.1 Å². The molecule has 0 saturated carbocycles. The summed E-state index contributed by atoms with van der Waals surface area (Å²) in [5, 5.41) is 13.5. The molecule has 0 aliphatic heterocycles. The predicted molar refractivity (Wildman–Crippen MR) is 114 cm³/mol. The van der Waals surface area contributed by atoms with E-state index in [1.807, 2.05) is 35.7 Å². The van der Waals surface area contributed by atoms with Crippen LogP contribution in [0, 0.1) is 10.1 Å². The Kier molecular flexibility index (Phi) is 5.24. The molecular weight excluding hydrogens is 410 g/mol. The molecule has 144 valence electrons. The van der Waals surface area contributed by atoms with Crippen molar-refractivity contribution >= 4 is 44.8 Å². The zero-order valence-corrected chi connectivity index (χ0v) is 16.5. The number of ketones is 1. The molecule has 9 heteroatoms. The molecule has 0 amide bonds. The zero-order valence-electron chi connectivity index (χ0n) is 14.8. The highest BCUT2D eigenvalue weighted by molar-refractivity contribution is 7.99. The van der Waals surface area contributed by atoms with Crippen molar-refractivity contribution in [3.63, 3.8) is 0 Å². The molecule has 2 aromatic heterocycles. The number of non-ortho nitro benzene ring substituents is 1. The summed E-state index contributed by atoms with van der Waals surface area (Å²) in [4.78, 5) is 42.9. The lowest BCUT2D eigenvalue weighted by atomic mass is 10.1. The van der Waals surface area contributed by atoms with Crippen molar-refractivity contribution in [2.75, 3.05) is 5.75 Å². The van der Waals surface area contributed by atoms with Crippen LogP contribution in [-0.2, 0) is 0 Å². The molecule has 1 N–H and O–H groups in total. The van der Waals surface area contributed by atoms with Gasteiger partial charge in [0.15, 0.2) is 10.9 Å². The number of nitro benzene ring substituents is 1. The van der Waals surface area contributed by atoms with E-state index in [-0.39, 0.29) is 22.8 Å². The molecule has 0 atom stereocenters. The maximum atomic E-state index is 12.6. The summed E-state index contributed by atoms with van der Waals surface area (Å²) in [7, 11) is 0. The van der Waals surface area contributed by atoms with Crippen molar-refractivity contribution in [3.8, 4) is 11.1 Å². The Hall–Kier alpha value is -3.30. The summed E-state index contributed by atoms with van der Waals surface area (Å²) in [5.74, 6) is -0.146. The number of Topliss-reactive ketones (excluding diaryl/α,β-unsaturated/α-hetero) is 1. The van der Waals surface area contributed by atoms with Gasteiger partial charge in [0.1, 0.15) is 4.83 Å². The third kappa shape index (κ3) is 3.96. The topological polar surface area (TPSA) is 106 Å². The van der Waals surface area contributed by atoms with Gasteiger partial charge in [0, 0.05) is 28.6 Å². The molecule has 0 radical (unpaired) electrons. The van der Waals surface area contributed by atoms with Gasteiger partial charge in [0.25, 0.3) is 11.2 Å². The minimum atomic E-state index is -0.516. The predicted octanol–water partition coefficient (Wildman–Crippen LogP) is 4.53. The fraction of sp³-hybridized carbons (Fsp3) is 0.0500. The highest BCUT2D eigenvalue weighted by Crippen LogP contribution is 2.31. The highest BCUT2D eigenvalue weighted by Gasteiger charge is 2.15. The van der Waals surface area contributed by atoms with Crippen LogP contribution in [0.5, 0.6) is 0 Å². The number of carbonyl (C=O) groups is 1. The molecular formula is C20H13N3O4S2. The van der Waals surface area contributed by atoms with Crippen LogP contribution in [0.25, 0.3) is 21.3 Å². The molecule has 29 heavy (non-hydrogen) atoms. The molecule has 0 fully saturated rings. The Morgan fingerprint density at radius 1 is 1.14 bits per heavy atom. The first-order valence-corrected chi connectivity index (χ1v) is 10.4. The van der Waals surface area contributed by atoms with E-state index >= 15 is 0 Å². The quantitative estimate of drug-likeness (QED) is 0.160. The van der Waals surface area contributed by atoms with Crippen molar-refractivity contribution in [3.05, 3.63) is 86.0 Å². The number of benzene rings is 2. The van der Waals surface area contributed by atoms with E-state index in [9.17, 15) is 19.7 Å². The Labute approximate surface area is 172 Å². The van der Waals surface area contributed by atoms with Crippen LogP contribution in [0.4, 0.5) is 5.69 Å². The summed E-state index contributed by atoms with van der Waals surface area (Å²) < 4.78 is 0. The minimum absolute atomic E-state index is 0.0587. The lowest BCUT2D eigenvalue weighted by Crippen LogP contribution is -2.10. The van der Waals surface area contributed by atoms with E-state index in [0.717, 1.165) is 22.9 Å². The monoisotopic (exact) mass is 423 g/mol. The Morgan fingerprint density at radius 3 is 2.55 bits per heavy atom. The van der Waals surface area contributed by atoms with Gasteiger partial charge in [-0.05, 0) is 17.7 Å². The summed E-state index contributed by atoms with van der Waals surface area (Å²) in [6.45, 7) is 0. The first kappa shape index (κ1) is 19.0. The Bertz CT molecular complexity index is 1260. The molecule has 0 saturated heterocycles. The molecule has 2 heterocycles. The summed E-state index contributed by atoms with van der Waals surface area (Å²) in [6.07, 6.45) is 0. The summed E-state index contributed by atoms with van der Waals surface area (Å²) in [5.41, 5.74) is 1.82. The maximum absolute atomic E-state index is 12.6. The van der Waals surface area contributed by atoms with E-state index in [0.29, 0.717) is 20.9 Å². The van der Waals surface area contributed by atoms with Gasteiger partial charge in [-0.3, -0.25) is 19.7 Å². The van der Waals surface area contributed by atoms with Gasteiger partial charge >= 0.3 is 0 Å². The molecule has 0 aliphatic rings. The third-order valence-corrected chi connectivity index (χ3v) is 5.99. The van der Waals surface area contributed by atoms with Crippen molar-refractivity contribution in [2.45, 2.75) is 5.16 Å². The number of aromatic amines is 1. The molecule has 0 aliphatic carbocycles. The largest absolute Gasteiger partial charge is 0.301 e. The molecule has 0 spiro atoms. The average Bonchev–Trinajstić information content (AvgIpc) is 3.17. The SMILES string of the molecule is O=C(CSc1nc2scc(-c3ccccc3)c2c(=O)[nH]1)c1ccc([N+](=O)[O-])cc1. The number of aromatic nitrogens is 2. The van der Waals surface area contributed by atoms with Crippen LogP contribution in [0.2, 0.25) is 0 Å². The minimum Gasteiger partial charge on any atom is -0.301 e. The second-order valence-electron chi connectivity index (χ2n) is 6.08. The summed E-state index contributed by atoms with van der Waals surface area (Å²) in [6, 6.07) is 15.0. The number of nitrogens with zero attached hydrogens (tertiary/aromatic N) is 2. The number of H-pyrrole nitrogens is 1. The second-order valence-corrected chi connectivity index (χ2v) is 7.90. The molecule has 2 aromatic carbocycles. The van der Waals surface area contributed by atoms with Crippen LogP contribution >= 0.6 is 23.1 Å². The van der Waals surface area contributed by atoms with Crippen molar-refractivity contribution in [1.29, 1.82) is 0 Å². The van der Waals surface area contributed by atoms with Gasteiger partial charge in [-0.25, -0.2) is 4.98 Å². The van der Waals surface area contributed by atoms with Crippen LogP contribution in [0.15, 0.2) is 69.9 Å². The van der Waals surface area contributed by atoms with Gasteiger partial charge in [-0.15, -0.1) is 11.3 Å². The van der Waals surface area contributed by atoms with Crippen LogP contribution in [-0.4, -0.2) is 26.4 Å². The maximum Gasteiger partial charge on any atom is 0.269 e. The molecule has 4 rings (SSSR count). The van der Waals surface area contributed by atoms with Gasteiger partial charge in [-0.2, -0.15) is 0 Å². The molecule has 0 unspecified atom stereocenters. The van der Waals surface area contributed by atoms with E-state index in [4.69, 9.17) is 0 Å². The number of carbonyl (C=O) groups excluding carboxylic acids is 1. The molecule has 4 aromatic rings. The van der Waals surface area contributed by atoms with E-state index in [2.05, 4.69) is 9.97 Å². The van der Waals surface area contributed by atoms with Crippen molar-refractivity contribution < 1.29 is 9.72 Å². The highest BCUT2D eigenvalue weighted by atomic mass is 32.2. The number of nitrogens with one attached hydrogen (secondary N) is 1. The van der Waals surface area contributed by atoms with Gasteiger partial charge < -0.3 is 4.98 Å². The lowest BCUT2D eigenvalue weighted by molar-refractivity contribution is -0.384. The van der Waals surface area contributed by atoms with E-state index in [1.54, 1.807) is 0 Å². The van der Waals surface area contributed by atoms with Crippen LogP contribution < -0.4 is 5.56 Å². The standard InChI is InChI=1S/C20H13N3O4S2/c24-16(13-6-8-14(9-7-13)23(26)27)11-29-20-21-18(25)17-15(10-28-19(17)22-20)12-4-2-1-3-5-12/h1-10H,11H2,(H,21,22,25). The summed E-state index contributed by atoms with van der Waals surface area (Å²) >= 11 is 2.50. The normalized spacial score (nSPS) is 10.9. The lowest BCUT2D eigenvalue weighted by Gasteiger charge is -2.03. The smallest absolute Gasteiger partial charge is 0.269 e. The van der Waals surface area contributed by atoms with Crippen molar-refractivity contribution in [2.24, 2.45) is 0 Å². The van der Waals surface area contributed by atoms with Crippen LogP contribution in [0.3, 0.4) is 0 Å². The van der Waals surface area contributed by atoms with Crippen LogP contribution in [0.1, 0.15) is 10.4 Å². The number of nitro groups is 1. The number of rotatable bonds is 6. The van der Waals surface area contributed by atoms with Gasteiger partial charge in [0.2, 0.25) is 0 Å². The number of thiophene rings is 1. The first-order valence-electron chi connectivity index (χ1n) is 8.50. The second kappa shape index (κ2) is 7.98. The Balaban J connectivity index is 1.54. The Morgan fingerprint density at radius 2 is 1.86 bits per heavy atom. The fourth-order valence-electron chi connectivity index (χ4n) is 2.81. The average molecular weight is 423 g/mol. The number of fused-ring (bicyclic) bond motifs is 1. The third-order valence-electron chi connectivity index (χ3n) is 4.25. The number of hydrogen-bond acceptors (Lipinski definition) is 7. The van der Waals surface area contributed by atoms with E-state index in [1.165, 1.54) is 35.6 Å². The number of thioether (sulfide) groups is 1. The fourth-order valence-corrected chi connectivity index (χ4v) is 4.57. The number of hydrogen-bond donors (Lipinski definition) is 1.